The molecule has 1 saturated carbocycles. The first kappa shape index (κ1) is 16.3. The summed E-state index contributed by atoms with van der Waals surface area (Å²) in [6, 6.07) is 0.637. The minimum atomic E-state index is 0.485. The third-order valence-corrected chi connectivity index (χ3v) is 5.96. The Bertz CT molecular complexity index is 308. The summed E-state index contributed by atoms with van der Waals surface area (Å²) in [5.41, 5.74) is 7.13. The van der Waals surface area contributed by atoms with Gasteiger partial charge >= 0.3 is 0 Å². The molecule has 0 bridgehead atoms. The van der Waals surface area contributed by atoms with E-state index in [9.17, 15) is 0 Å². The van der Waals surface area contributed by atoms with Crippen molar-refractivity contribution in [2.24, 2.45) is 28.4 Å². The molecule has 20 heavy (non-hydrogen) atoms. The summed E-state index contributed by atoms with van der Waals surface area (Å²) in [7, 11) is 0. The van der Waals surface area contributed by atoms with E-state index in [0.717, 1.165) is 18.4 Å². The molecular formula is C18H36N2. The van der Waals surface area contributed by atoms with E-state index < -0.39 is 0 Å². The van der Waals surface area contributed by atoms with Crippen molar-refractivity contribution in [3.8, 4) is 0 Å². The molecule has 0 amide bonds. The molecule has 2 N–H and O–H groups in total. The van der Waals surface area contributed by atoms with E-state index in [0.29, 0.717) is 16.9 Å². The zero-order chi connectivity index (χ0) is 15.0. The third-order valence-electron chi connectivity index (χ3n) is 5.96. The van der Waals surface area contributed by atoms with Crippen molar-refractivity contribution in [2.75, 3.05) is 19.6 Å². The second-order valence-corrected chi connectivity index (χ2v) is 9.17. The average molecular weight is 281 g/mol. The maximum absolute atomic E-state index is 6.15. The predicted molar refractivity (Wildman–Crippen MR) is 87.7 cm³/mol. The van der Waals surface area contributed by atoms with Crippen molar-refractivity contribution in [1.82, 2.24) is 4.90 Å². The average Bonchev–Trinajstić information content (AvgIpc) is 2.70. The lowest BCUT2D eigenvalue weighted by molar-refractivity contribution is 0.0894. The molecular weight excluding hydrogens is 244 g/mol. The van der Waals surface area contributed by atoms with Crippen LogP contribution < -0.4 is 5.73 Å². The first-order valence-electron chi connectivity index (χ1n) is 8.67. The normalized spacial score (nSPS) is 33.3. The largest absolute Gasteiger partial charge is 0.329 e. The van der Waals surface area contributed by atoms with Gasteiger partial charge < -0.3 is 5.73 Å². The van der Waals surface area contributed by atoms with Gasteiger partial charge in [-0.3, -0.25) is 4.90 Å². The maximum Gasteiger partial charge on any atom is 0.0246 e. The van der Waals surface area contributed by atoms with Crippen LogP contribution in [0.4, 0.5) is 0 Å². The van der Waals surface area contributed by atoms with E-state index in [1.54, 1.807) is 0 Å². The topological polar surface area (TPSA) is 29.3 Å². The molecule has 2 heteroatoms. The molecule has 0 spiro atoms. The van der Waals surface area contributed by atoms with Crippen molar-refractivity contribution < 1.29 is 0 Å². The van der Waals surface area contributed by atoms with E-state index in [2.05, 4.69) is 39.5 Å². The molecule has 1 saturated heterocycles. The van der Waals surface area contributed by atoms with Crippen LogP contribution >= 0.6 is 0 Å². The number of hydrogen-bond acceptors (Lipinski definition) is 2. The highest BCUT2D eigenvalue weighted by atomic mass is 15.2. The van der Waals surface area contributed by atoms with Crippen LogP contribution in [0.15, 0.2) is 0 Å². The Labute approximate surface area is 126 Å². The van der Waals surface area contributed by atoms with Crippen LogP contribution in [0, 0.1) is 22.7 Å². The molecule has 0 radical (unpaired) electrons. The molecule has 118 valence electrons. The highest BCUT2D eigenvalue weighted by molar-refractivity contribution is 4.92. The predicted octanol–water partition coefficient (Wildman–Crippen LogP) is 3.90. The summed E-state index contributed by atoms with van der Waals surface area (Å²) in [6.07, 6.45) is 6.92. The lowest BCUT2D eigenvalue weighted by atomic mass is 9.68. The van der Waals surface area contributed by atoms with Crippen molar-refractivity contribution in [2.45, 2.75) is 72.8 Å². The van der Waals surface area contributed by atoms with Crippen LogP contribution in [-0.4, -0.2) is 30.6 Å². The summed E-state index contributed by atoms with van der Waals surface area (Å²) in [5, 5.41) is 0. The van der Waals surface area contributed by atoms with Crippen molar-refractivity contribution in [3.05, 3.63) is 0 Å². The van der Waals surface area contributed by atoms with E-state index in [-0.39, 0.29) is 0 Å². The summed E-state index contributed by atoms with van der Waals surface area (Å²) in [5.74, 6) is 1.75. The standard InChI is InChI=1S/C18H36N2/c1-17(2,3)15-8-6-14(7-9-15)16(12-19)20-11-10-18(4,5)13-20/h14-16H,6-13,19H2,1-5H3. The Hall–Kier alpha value is -0.0800. The molecule has 2 fully saturated rings. The van der Waals surface area contributed by atoms with Gasteiger partial charge in [0.25, 0.3) is 0 Å². The molecule has 2 aliphatic rings. The molecule has 2 nitrogen and oxygen atoms in total. The quantitative estimate of drug-likeness (QED) is 0.849. The Kier molecular flexibility index (Phi) is 4.86. The molecule has 2 rings (SSSR count). The van der Waals surface area contributed by atoms with Crippen LogP contribution in [0.2, 0.25) is 0 Å². The Morgan fingerprint density at radius 2 is 1.75 bits per heavy atom. The van der Waals surface area contributed by atoms with E-state index in [4.69, 9.17) is 5.73 Å². The minimum Gasteiger partial charge on any atom is -0.329 e. The van der Waals surface area contributed by atoms with Gasteiger partial charge in [-0.2, -0.15) is 0 Å². The number of likely N-dealkylation sites (tertiary alicyclic amines) is 1. The Morgan fingerprint density at radius 3 is 2.15 bits per heavy atom. The molecule has 0 aromatic carbocycles. The molecule has 1 unspecified atom stereocenters. The van der Waals surface area contributed by atoms with E-state index in [1.807, 2.05) is 0 Å². The molecule has 0 aromatic heterocycles. The zero-order valence-electron chi connectivity index (χ0n) is 14.4. The minimum absolute atomic E-state index is 0.485. The first-order valence-corrected chi connectivity index (χ1v) is 8.67. The summed E-state index contributed by atoms with van der Waals surface area (Å²) < 4.78 is 0. The second-order valence-electron chi connectivity index (χ2n) is 9.17. The third kappa shape index (κ3) is 3.76. The fourth-order valence-corrected chi connectivity index (χ4v) is 4.45. The van der Waals surface area contributed by atoms with Gasteiger partial charge in [-0.25, -0.2) is 0 Å². The molecule has 1 heterocycles. The van der Waals surface area contributed by atoms with Crippen LogP contribution in [0.3, 0.4) is 0 Å². The molecule has 0 aromatic rings. The van der Waals surface area contributed by atoms with Gasteiger partial charge in [-0.05, 0) is 61.3 Å². The van der Waals surface area contributed by atoms with Crippen LogP contribution in [0.25, 0.3) is 0 Å². The summed E-state index contributed by atoms with van der Waals surface area (Å²) >= 11 is 0. The van der Waals surface area contributed by atoms with Crippen LogP contribution in [-0.2, 0) is 0 Å². The highest BCUT2D eigenvalue weighted by Gasteiger charge is 2.38. The van der Waals surface area contributed by atoms with Gasteiger partial charge in [0.05, 0.1) is 0 Å². The van der Waals surface area contributed by atoms with E-state index in [1.165, 1.54) is 45.2 Å². The van der Waals surface area contributed by atoms with Crippen molar-refractivity contribution >= 4 is 0 Å². The van der Waals surface area contributed by atoms with Crippen molar-refractivity contribution in [1.29, 1.82) is 0 Å². The molecule has 1 atom stereocenters. The van der Waals surface area contributed by atoms with Gasteiger partial charge in [-0.15, -0.1) is 0 Å². The summed E-state index contributed by atoms with van der Waals surface area (Å²) in [6.45, 7) is 15.4. The second kappa shape index (κ2) is 5.96. The number of nitrogens with two attached hydrogens (primary N) is 1. The van der Waals surface area contributed by atoms with Gasteiger partial charge in [0.2, 0.25) is 0 Å². The van der Waals surface area contributed by atoms with E-state index >= 15 is 0 Å². The fourth-order valence-electron chi connectivity index (χ4n) is 4.45. The first-order chi connectivity index (χ1) is 9.23. The Balaban J connectivity index is 1.91. The molecule has 1 aliphatic carbocycles. The SMILES string of the molecule is CC1(C)CCN(C(CN)C2CCC(C(C)(C)C)CC2)C1. The van der Waals surface area contributed by atoms with Gasteiger partial charge in [0.15, 0.2) is 0 Å². The summed E-state index contributed by atoms with van der Waals surface area (Å²) in [4.78, 5) is 2.70. The van der Waals surface area contributed by atoms with Gasteiger partial charge in [-0.1, -0.05) is 34.6 Å². The van der Waals surface area contributed by atoms with Crippen molar-refractivity contribution in [3.63, 3.8) is 0 Å². The number of rotatable bonds is 3. The lowest BCUT2D eigenvalue weighted by Crippen LogP contribution is -2.46. The molecule has 1 aliphatic heterocycles. The van der Waals surface area contributed by atoms with Crippen LogP contribution in [0.1, 0.15) is 66.7 Å². The van der Waals surface area contributed by atoms with Crippen LogP contribution in [0.5, 0.6) is 0 Å². The Morgan fingerprint density at radius 1 is 1.15 bits per heavy atom. The number of nitrogens with zero attached hydrogens (tertiary/aromatic N) is 1. The maximum atomic E-state index is 6.15. The highest BCUT2D eigenvalue weighted by Crippen LogP contribution is 2.42. The number of hydrogen-bond donors (Lipinski definition) is 1. The fraction of sp³-hybridized carbons (Fsp3) is 1.00. The van der Waals surface area contributed by atoms with Gasteiger partial charge in [0, 0.05) is 19.1 Å². The monoisotopic (exact) mass is 280 g/mol. The van der Waals surface area contributed by atoms with Gasteiger partial charge in [0.1, 0.15) is 0 Å². The smallest absolute Gasteiger partial charge is 0.0246 e. The zero-order valence-corrected chi connectivity index (χ0v) is 14.4. The lowest BCUT2D eigenvalue weighted by Gasteiger charge is -2.42.